The molecular formula is C20H18O3. The molecule has 0 aliphatic heterocycles. The fraction of sp³-hybridized carbons (Fsp3) is 0.150. The number of ether oxygens (including phenoxy) is 1. The summed E-state index contributed by atoms with van der Waals surface area (Å²) in [5.74, 6) is -0.393. The van der Waals surface area contributed by atoms with Gasteiger partial charge in [-0.05, 0) is 39.3 Å². The Morgan fingerprint density at radius 1 is 1.00 bits per heavy atom. The second-order valence-corrected chi connectivity index (χ2v) is 5.31. The van der Waals surface area contributed by atoms with Crippen molar-refractivity contribution in [3.8, 4) is 0 Å². The molecular weight excluding hydrogens is 288 g/mol. The Labute approximate surface area is 134 Å². The quantitative estimate of drug-likeness (QED) is 0.336. The lowest BCUT2D eigenvalue weighted by molar-refractivity contribution is -0.137. The van der Waals surface area contributed by atoms with Gasteiger partial charge in [0, 0.05) is 19.1 Å². The van der Waals surface area contributed by atoms with Crippen LogP contribution in [0.1, 0.15) is 12.0 Å². The normalized spacial score (nSPS) is 11.3. The average molecular weight is 306 g/mol. The van der Waals surface area contributed by atoms with Crippen molar-refractivity contribution in [1.82, 2.24) is 0 Å². The molecule has 0 saturated carbocycles. The first-order valence-corrected chi connectivity index (χ1v) is 7.66. The molecule has 0 spiro atoms. The highest BCUT2D eigenvalue weighted by molar-refractivity contribution is 6.07. The lowest BCUT2D eigenvalue weighted by Crippen LogP contribution is -2.03. The van der Waals surface area contributed by atoms with E-state index in [1.807, 2.05) is 30.3 Å². The van der Waals surface area contributed by atoms with Crippen LogP contribution in [0.15, 0.2) is 60.7 Å². The highest BCUT2D eigenvalue weighted by atomic mass is 16.5. The van der Waals surface area contributed by atoms with Crippen molar-refractivity contribution in [2.75, 3.05) is 13.2 Å². The summed E-state index contributed by atoms with van der Waals surface area (Å²) in [7, 11) is 0. The summed E-state index contributed by atoms with van der Waals surface area (Å²) in [6, 6.07) is 18.4. The van der Waals surface area contributed by atoms with Gasteiger partial charge in [0.15, 0.2) is 0 Å². The van der Waals surface area contributed by atoms with Crippen LogP contribution >= 0.6 is 0 Å². The predicted octanol–water partition coefficient (Wildman–Crippen LogP) is 3.93. The highest BCUT2D eigenvalue weighted by Crippen LogP contribution is 2.29. The van der Waals surface area contributed by atoms with Gasteiger partial charge in [0.1, 0.15) is 0 Å². The summed E-state index contributed by atoms with van der Waals surface area (Å²) >= 11 is 0. The van der Waals surface area contributed by atoms with E-state index >= 15 is 0 Å². The molecule has 3 rings (SSSR count). The molecule has 0 aromatic heterocycles. The molecule has 116 valence electrons. The molecule has 3 heteroatoms. The molecule has 23 heavy (non-hydrogen) atoms. The number of carbonyl (C=O) groups excluding carboxylic acids is 1. The van der Waals surface area contributed by atoms with Crippen molar-refractivity contribution in [3.63, 3.8) is 0 Å². The summed E-state index contributed by atoms with van der Waals surface area (Å²) in [6.45, 7) is 0.251. The first kappa shape index (κ1) is 15.3. The first-order chi connectivity index (χ1) is 11.3. The first-order valence-electron chi connectivity index (χ1n) is 7.66. The van der Waals surface area contributed by atoms with Crippen molar-refractivity contribution in [2.24, 2.45) is 0 Å². The number of fused-ring (bicyclic) bond motifs is 2. The van der Waals surface area contributed by atoms with Crippen molar-refractivity contribution in [3.05, 3.63) is 66.2 Å². The number of esters is 1. The minimum atomic E-state index is -0.393. The van der Waals surface area contributed by atoms with Crippen LogP contribution in [0.5, 0.6) is 0 Å². The van der Waals surface area contributed by atoms with E-state index in [4.69, 9.17) is 9.84 Å². The van der Waals surface area contributed by atoms with Gasteiger partial charge in [0.25, 0.3) is 0 Å². The Bertz CT molecular complexity index is 811. The summed E-state index contributed by atoms with van der Waals surface area (Å²) in [5, 5.41) is 13.2. The van der Waals surface area contributed by atoms with E-state index in [1.54, 1.807) is 0 Å². The van der Waals surface area contributed by atoms with Crippen molar-refractivity contribution in [1.29, 1.82) is 0 Å². The van der Waals surface area contributed by atoms with Gasteiger partial charge in [-0.2, -0.15) is 0 Å². The molecule has 0 radical (unpaired) electrons. The lowest BCUT2D eigenvalue weighted by Gasteiger charge is -2.08. The van der Waals surface area contributed by atoms with Crippen LogP contribution in [-0.2, 0) is 9.53 Å². The van der Waals surface area contributed by atoms with E-state index < -0.39 is 5.97 Å². The third-order valence-corrected chi connectivity index (χ3v) is 3.75. The molecule has 0 atom stereocenters. The maximum Gasteiger partial charge on any atom is 0.330 e. The molecule has 1 N–H and O–H groups in total. The molecule has 3 aromatic rings. The Morgan fingerprint density at radius 3 is 2.22 bits per heavy atom. The van der Waals surface area contributed by atoms with E-state index in [0.29, 0.717) is 6.42 Å². The monoisotopic (exact) mass is 306 g/mol. The van der Waals surface area contributed by atoms with E-state index in [0.717, 1.165) is 27.1 Å². The van der Waals surface area contributed by atoms with Gasteiger partial charge in [0.2, 0.25) is 0 Å². The minimum absolute atomic E-state index is 0.0188. The molecule has 0 heterocycles. The third kappa shape index (κ3) is 3.41. The van der Waals surface area contributed by atoms with Crippen molar-refractivity contribution >= 4 is 33.6 Å². The van der Waals surface area contributed by atoms with E-state index in [9.17, 15) is 4.79 Å². The van der Waals surface area contributed by atoms with Gasteiger partial charge in [-0.1, -0.05) is 48.5 Å². The van der Waals surface area contributed by atoms with Crippen LogP contribution in [0.25, 0.3) is 27.6 Å². The lowest BCUT2D eigenvalue weighted by atomic mass is 9.96. The van der Waals surface area contributed by atoms with Crippen LogP contribution in [-0.4, -0.2) is 24.3 Å². The predicted molar refractivity (Wildman–Crippen MR) is 93.1 cm³/mol. The Morgan fingerprint density at radius 2 is 1.61 bits per heavy atom. The van der Waals surface area contributed by atoms with Gasteiger partial charge in [-0.25, -0.2) is 4.79 Å². The van der Waals surface area contributed by atoms with Gasteiger partial charge in [-0.3, -0.25) is 0 Å². The maximum absolute atomic E-state index is 11.8. The maximum atomic E-state index is 11.8. The molecule has 3 nitrogen and oxygen atoms in total. The summed E-state index contributed by atoms with van der Waals surface area (Å²) in [5.41, 5.74) is 1.01. The van der Waals surface area contributed by atoms with E-state index in [2.05, 4.69) is 30.3 Å². The minimum Gasteiger partial charge on any atom is -0.462 e. The molecule has 0 aliphatic carbocycles. The molecule has 3 aromatic carbocycles. The van der Waals surface area contributed by atoms with Crippen molar-refractivity contribution in [2.45, 2.75) is 6.42 Å². The second-order valence-electron chi connectivity index (χ2n) is 5.31. The molecule has 0 fully saturated rings. The van der Waals surface area contributed by atoms with Crippen LogP contribution < -0.4 is 0 Å². The number of carbonyl (C=O) groups is 1. The molecule has 0 bridgehead atoms. The van der Waals surface area contributed by atoms with Crippen LogP contribution in [0.2, 0.25) is 0 Å². The molecule has 0 saturated heterocycles. The number of aliphatic hydroxyl groups is 1. The second kappa shape index (κ2) is 7.07. The highest BCUT2D eigenvalue weighted by Gasteiger charge is 2.05. The van der Waals surface area contributed by atoms with Gasteiger partial charge in [0.05, 0.1) is 6.61 Å². The SMILES string of the molecule is O=C(/C=C/c1c2ccccc2cc2ccccc12)OCCCO. The molecule has 0 aliphatic rings. The number of aliphatic hydroxyl groups excluding tert-OH is 1. The zero-order chi connectivity index (χ0) is 16.1. The fourth-order valence-corrected chi connectivity index (χ4v) is 2.67. The number of hydrogen-bond donors (Lipinski definition) is 1. The van der Waals surface area contributed by atoms with E-state index in [1.165, 1.54) is 6.08 Å². The molecule has 0 unspecified atom stereocenters. The smallest absolute Gasteiger partial charge is 0.330 e. The van der Waals surface area contributed by atoms with Gasteiger partial charge < -0.3 is 9.84 Å². The van der Waals surface area contributed by atoms with Crippen LogP contribution in [0.3, 0.4) is 0 Å². The van der Waals surface area contributed by atoms with Crippen LogP contribution in [0, 0.1) is 0 Å². The summed E-state index contributed by atoms with van der Waals surface area (Å²) in [4.78, 5) is 11.8. The van der Waals surface area contributed by atoms with Crippen LogP contribution in [0.4, 0.5) is 0 Å². The zero-order valence-electron chi connectivity index (χ0n) is 12.7. The number of hydrogen-bond acceptors (Lipinski definition) is 3. The number of benzene rings is 3. The standard InChI is InChI=1S/C20H18O3/c21-12-5-13-23-20(22)11-10-19-17-8-3-1-6-15(17)14-16-7-2-4-9-18(16)19/h1-4,6-11,14,21H,5,12-13H2/b11-10+. The van der Waals surface area contributed by atoms with Gasteiger partial charge >= 0.3 is 5.97 Å². The third-order valence-electron chi connectivity index (χ3n) is 3.75. The summed E-state index contributed by atoms with van der Waals surface area (Å²) < 4.78 is 5.04. The Hall–Kier alpha value is -2.65. The average Bonchev–Trinajstić information content (AvgIpc) is 2.59. The Balaban J connectivity index is 2.01. The zero-order valence-corrected chi connectivity index (χ0v) is 12.7. The summed E-state index contributed by atoms with van der Waals surface area (Å²) in [6.07, 6.45) is 3.72. The Kier molecular flexibility index (Phi) is 4.69. The van der Waals surface area contributed by atoms with E-state index in [-0.39, 0.29) is 13.2 Å². The van der Waals surface area contributed by atoms with Gasteiger partial charge in [-0.15, -0.1) is 0 Å². The fourth-order valence-electron chi connectivity index (χ4n) is 2.67. The molecule has 0 amide bonds. The van der Waals surface area contributed by atoms with Crippen molar-refractivity contribution < 1.29 is 14.6 Å². The largest absolute Gasteiger partial charge is 0.462 e. The topological polar surface area (TPSA) is 46.5 Å². The number of rotatable bonds is 5.